The summed E-state index contributed by atoms with van der Waals surface area (Å²) in [7, 11) is 0. The van der Waals surface area contributed by atoms with Crippen molar-refractivity contribution >= 4 is 29.8 Å². The molecular weight excluding hydrogens is 424 g/mol. The SMILES string of the molecule is C=CC(=O)CC#Cc1ccc(C(=O)Oc2ccc(/C=C/C(=O)OCOC(=O)C=C)cc2)cc1. The number of benzene rings is 2. The number of carbonyl (C=O) groups is 4. The Morgan fingerprint density at radius 2 is 1.52 bits per heavy atom. The summed E-state index contributed by atoms with van der Waals surface area (Å²) in [5.74, 6) is 3.80. The summed E-state index contributed by atoms with van der Waals surface area (Å²) < 4.78 is 14.6. The van der Waals surface area contributed by atoms with Crippen LogP contribution in [0, 0.1) is 11.8 Å². The fraction of sp³-hybridized carbons (Fsp3) is 0.0769. The quantitative estimate of drug-likeness (QED) is 0.192. The van der Waals surface area contributed by atoms with E-state index in [1.165, 1.54) is 18.2 Å². The monoisotopic (exact) mass is 444 g/mol. The van der Waals surface area contributed by atoms with Gasteiger partial charge in [-0.15, -0.1) is 0 Å². The molecular formula is C26H20O7. The molecule has 0 aliphatic heterocycles. The molecule has 2 aromatic carbocycles. The first-order valence-corrected chi connectivity index (χ1v) is 9.61. The molecule has 0 aliphatic rings. The number of ether oxygens (including phenoxy) is 3. The number of esters is 3. The Kier molecular flexibility index (Phi) is 9.58. The first-order chi connectivity index (χ1) is 15.9. The molecule has 0 aliphatic carbocycles. The third-order valence-corrected chi connectivity index (χ3v) is 3.92. The van der Waals surface area contributed by atoms with Crippen LogP contribution in [-0.2, 0) is 23.9 Å². The van der Waals surface area contributed by atoms with Gasteiger partial charge in [-0.2, -0.15) is 0 Å². The summed E-state index contributed by atoms with van der Waals surface area (Å²) in [4.78, 5) is 45.9. The summed E-state index contributed by atoms with van der Waals surface area (Å²) in [5.41, 5.74) is 1.66. The average Bonchev–Trinajstić information content (AvgIpc) is 2.83. The molecule has 0 amide bonds. The van der Waals surface area contributed by atoms with Gasteiger partial charge in [-0.3, -0.25) is 4.79 Å². The van der Waals surface area contributed by atoms with Crippen molar-refractivity contribution in [3.05, 3.63) is 96.6 Å². The average molecular weight is 444 g/mol. The highest BCUT2D eigenvalue weighted by Gasteiger charge is 2.08. The van der Waals surface area contributed by atoms with E-state index in [2.05, 4.69) is 29.7 Å². The van der Waals surface area contributed by atoms with Gasteiger partial charge in [-0.25, -0.2) is 14.4 Å². The molecule has 0 saturated heterocycles. The summed E-state index contributed by atoms with van der Waals surface area (Å²) >= 11 is 0. The van der Waals surface area contributed by atoms with Crippen LogP contribution in [0.2, 0.25) is 0 Å². The zero-order valence-electron chi connectivity index (χ0n) is 17.6. The van der Waals surface area contributed by atoms with Crippen LogP contribution in [0.5, 0.6) is 5.75 Å². The Morgan fingerprint density at radius 1 is 0.848 bits per heavy atom. The van der Waals surface area contributed by atoms with Crippen molar-refractivity contribution in [1.29, 1.82) is 0 Å². The fourth-order valence-electron chi connectivity index (χ4n) is 2.23. The van der Waals surface area contributed by atoms with Gasteiger partial charge < -0.3 is 14.2 Å². The number of allylic oxidation sites excluding steroid dienone is 1. The second-order valence-corrected chi connectivity index (χ2v) is 6.27. The number of rotatable bonds is 9. The van der Waals surface area contributed by atoms with Gasteiger partial charge in [-0.1, -0.05) is 37.1 Å². The van der Waals surface area contributed by atoms with Crippen LogP contribution in [0.1, 0.15) is 27.9 Å². The van der Waals surface area contributed by atoms with Crippen molar-refractivity contribution in [3.8, 4) is 17.6 Å². The highest BCUT2D eigenvalue weighted by molar-refractivity contribution is 5.92. The molecule has 0 N–H and O–H groups in total. The fourth-order valence-corrected chi connectivity index (χ4v) is 2.23. The molecule has 0 fully saturated rings. The van der Waals surface area contributed by atoms with Gasteiger partial charge in [0.1, 0.15) is 5.75 Å². The first-order valence-electron chi connectivity index (χ1n) is 9.61. The molecule has 2 aromatic rings. The van der Waals surface area contributed by atoms with Gasteiger partial charge in [-0.05, 0) is 54.1 Å². The standard InChI is InChI=1S/C26H20O7/c1-3-22(27)7-5-6-19-8-13-21(14-9-19)26(30)33-23-15-10-20(11-16-23)12-17-25(29)32-18-31-24(28)4-2/h3-4,8-17H,1-2,7,18H2/b17-12+. The Morgan fingerprint density at radius 3 is 2.15 bits per heavy atom. The van der Waals surface area contributed by atoms with E-state index >= 15 is 0 Å². The van der Waals surface area contributed by atoms with E-state index in [4.69, 9.17) is 9.47 Å². The summed E-state index contributed by atoms with van der Waals surface area (Å²) in [6.07, 6.45) is 4.92. The second kappa shape index (κ2) is 12.9. The van der Waals surface area contributed by atoms with Crippen LogP contribution in [0.4, 0.5) is 0 Å². The highest BCUT2D eigenvalue weighted by Crippen LogP contribution is 2.15. The Hall–Kier alpha value is -4.70. The predicted molar refractivity (Wildman–Crippen MR) is 121 cm³/mol. The number of hydrogen-bond donors (Lipinski definition) is 0. The van der Waals surface area contributed by atoms with Crippen LogP contribution in [0.15, 0.2) is 79.9 Å². The normalized spacial score (nSPS) is 9.82. The van der Waals surface area contributed by atoms with Crippen molar-refractivity contribution in [2.24, 2.45) is 0 Å². The second-order valence-electron chi connectivity index (χ2n) is 6.27. The maximum atomic E-state index is 12.3. The number of ketones is 1. The lowest BCUT2D eigenvalue weighted by atomic mass is 10.1. The van der Waals surface area contributed by atoms with Gasteiger partial charge in [0.05, 0.1) is 12.0 Å². The van der Waals surface area contributed by atoms with E-state index in [1.54, 1.807) is 48.5 Å². The van der Waals surface area contributed by atoms with E-state index in [0.29, 0.717) is 22.4 Å². The third-order valence-electron chi connectivity index (χ3n) is 3.92. The molecule has 0 bridgehead atoms. The molecule has 0 radical (unpaired) electrons. The molecule has 0 unspecified atom stereocenters. The summed E-state index contributed by atoms with van der Waals surface area (Å²) in [6.45, 7) is 6.09. The van der Waals surface area contributed by atoms with Crippen molar-refractivity contribution < 1.29 is 33.4 Å². The van der Waals surface area contributed by atoms with E-state index in [-0.39, 0.29) is 12.2 Å². The Balaban J connectivity index is 1.87. The lowest BCUT2D eigenvalue weighted by molar-refractivity contribution is -0.160. The van der Waals surface area contributed by atoms with Crippen LogP contribution in [0.25, 0.3) is 6.08 Å². The lowest BCUT2D eigenvalue weighted by Gasteiger charge is -2.05. The van der Waals surface area contributed by atoms with Gasteiger partial charge in [0.25, 0.3) is 0 Å². The zero-order chi connectivity index (χ0) is 24.1. The molecule has 2 rings (SSSR count). The van der Waals surface area contributed by atoms with Crippen molar-refractivity contribution in [2.75, 3.05) is 6.79 Å². The molecule has 0 heterocycles. The molecule has 166 valence electrons. The van der Waals surface area contributed by atoms with Gasteiger partial charge in [0, 0.05) is 17.7 Å². The summed E-state index contributed by atoms with van der Waals surface area (Å²) in [6, 6.07) is 12.9. The molecule has 33 heavy (non-hydrogen) atoms. The van der Waals surface area contributed by atoms with Crippen LogP contribution >= 0.6 is 0 Å². The Labute approximate surface area is 191 Å². The lowest BCUT2D eigenvalue weighted by Crippen LogP contribution is -2.09. The zero-order valence-corrected chi connectivity index (χ0v) is 17.6. The maximum Gasteiger partial charge on any atom is 0.343 e. The van der Waals surface area contributed by atoms with E-state index in [9.17, 15) is 19.2 Å². The molecule has 0 spiro atoms. The predicted octanol–water partition coefficient (Wildman–Crippen LogP) is 3.65. The number of hydrogen-bond acceptors (Lipinski definition) is 7. The maximum absolute atomic E-state index is 12.3. The molecule has 7 nitrogen and oxygen atoms in total. The molecule has 7 heteroatoms. The van der Waals surface area contributed by atoms with Crippen molar-refractivity contribution in [2.45, 2.75) is 6.42 Å². The first kappa shape index (κ1) is 24.6. The van der Waals surface area contributed by atoms with Gasteiger partial charge >= 0.3 is 17.9 Å². The van der Waals surface area contributed by atoms with Crippen LogP contribution in [-0.4, -0.2) is 30.5 Å². The highest BCUT2D eigenvalue weighted by atomic mass is 16.7. The minimum absolute atomic E-state index is 0.0881. The van der Waals surface area contributed by atoms with Crippen molar-refractivity contribution in [3.63, 3.8) is 0 Å². The van der Waals surface area contributed by atoms with E-state index < -0.39 is 24.7 Å². The molecule has 0 atom stereocenters. The minimum atomic E-state index is -0.696. The summed E-state index contributed by atoms with van der Waals surface area (Å²) in [5, 5.41) is 0. The minimum Gasteiger partial charge on any atom is -0.425 e. The third kappa shape index (κ3) is 8.90. The smallest absolute Gasteiger partial charge is 0.343 e. The molecule has 0 saturated carbocycles. The van der Waals surface area contributed by atoms with E-state index in [0.717, 1.165) is 6.08 Å². The topological polar surface area (TPSA) is 96.0 Å². The largest absolute Gasteiger partial charge is 0.425 e. The van der Waals surface area contributed by atoms with Crippen LogP contribution < -0.4 is 4.74 Å². The van der Waals surface area contributed by atoms with Gasteiger partial charge in [0.15, 0.2) is 5.78 Å². The molecule has 0 aromatic heterocycles. The van der Waals surface area contributed by atoms with Gasteiger partial charge in [0.2, 0.25) is 6.79 Å². The van der Waals surface area contributed by atoms with Crippen LogP contribution in [0.3, 0.4) is 0 Å². The van der Waals surface area contributed by atoms with Crippen molar-refractivity contribution in [1.82, 2.24) is 0 Å². The Bertz CT molecular complexity index is 1130. The van der Waals surface area contributed by atoms with E-state index in [1.807, 2.05) is 0 Å². The number of carbonyl (C=O) groups excluding carboxylic acids is 4.